The molecule has 6 nitrogen and oxygen atoms in total. The van der Waals surface area contributed by atoms with Gasteiger partial charge in [0.1, 0.15) is 5.41 Å². The maximum atomic E-state index is 13.2. The third-order valence-corrected chi connectivity index (χ3v) is 5.19. The number of carbonyl (C=O) groups excluding carboxylic acids is 2. The number of anilines is 4. The third kappa shape index (κ3) is 4.70. The van der Waals surface area contributed by atoms with Crippen LogP contribution in [0.3, 0.4) is 0 Å². The maximum absolute atomic E-state index is 13.2. The average Bonchev–Trinajstić information content (AvgIpc) is 2.71. The molecule has 2 aromatic carbocycles. The number of hydrogen-bond donors (Lipinski definition) is 0. The second-order valence-electron chi connectivity index (χ2n) is 8.17. The van der Waals surface area contributed by atoms with Gasteiger partial charge in [-0.3, -0.25) is 9.59 Å². The van der Waals surface area contributed by atoms with E-state index < -0.39 is 5.41 Å². The highest BCUT2D eigenvalue weighted by molar-refractivity contribution is 6.15. The van der Waals surface area contributed by atoms with Crippen LogP contribution in [-0.2, 0) is 9.59 Å². The second-order valence-corrected chi connectivity index (χ2v) is 8.17. The molecule has 0 spiro atoms. The molecule has 0 saturated heterocycles. The van der Waals surface area contributed by atoms with E-state index >= 15 is 0 Å². The Labute approximate surface area is 174 Å². The number of carbonyl (C=O) groups is 2. The van der Waals surface area contributed by atoms with Crippen LogP contribution >= 0.6 is 0 Å². The first-order chi connectivity index (χ1) is 13.5. The van der Waals surface area contributed by atoms with Crippen molar-refractivity contribution in [2.75, 3.05) is 61.9 Å². The van der Waals surface area contributed by atoms with Crippen molar-refractivity contribution in [2.45, 2.75) is 13.8 Å². The molecular formula is C23H32N4O2. The van der Waals surface area contributed by atoms with Crippen molar-refractivity contribution in [1.82, 2.24) is 0 Å². The molecular weight excluding hydrogens is 364 g/mol. The van der Waals surface area contributed by atoms with Gasteiger partial charge >= 0.3 is 0 Å². The minimum Gasteiger partial charge on any atom is -0.378 e. The predicted molar refractivity (Wildman–Crippen MR) is 122 cm³/mol. The van der Waals surface area contributed by atoms with Gasteiger partial charge in [-0.05, 0) is 62.4 Å². The summed E-state index contributed by atoms with van der Waals surface area (Å²) in [5.41, 5.74) is 2.39. The van der Waals surface area contributed by atoms with Crippen molar-refractivity contribution in [3.05, 3.63) is 48.5 Å². The smallest absolute Gasteiger partial charge is 0.241 e. The summed E-state index contributed by atoms with van der Waals surface area (Å²) in [4.78, 5) is 33.4. The van der Waals surface area contributed by atoms with Crippen LogP contribution in [0.15, 0.2) is 48.5 Å². The van der Waals surface area contributed by atoms with Crippen molar-refractivity contribution in [3.63, 3.8) is 0 Å². The number of nitrogens with zero attached hydrogens (tertiary/aromatic N) is 4. The van der Waals surface area contributed by atoms with Gasteiger partial charge in [0.15, 0.2) is 0 Å². The van der Waals surface area contributed by atoms with E-state index in [0.29, 0.717) is 0 Å². The Morgan fingerprint density at radius 3 is 1.03 bits per heavy atom. The summed E-state index contributed by atoms with van der Waals surface area (Å²) in [5, 5.41) is 0. The van der Waals surface area contributed by atoms with Crippen LogP contribution in [0.4, 0.5) is 22.7 Å². The van der Waals surface area contributed by atoms with E-state index in [1.165, 1.54) is 0 Å². The van der Waals surface area contributed by atoms with Crippen molar-refractivity contribution in [1.29, 1.82) is 0 Å². The Hall–Kier alpha value is -3.02. The molecule has 0 aliphatic heterocycles. The first kappa shape index (κ1) is 22.3. The van der Waals surface area contributed by atoms with E-state index in [0.717, 1.165) is 22.7 Å². The molecule has 0 aliphatic rings. The lowest BCUT2D eigenvalue weighted by atomic mass is 9.89. The summed E-state index contributed by atoms with van der Waals surface area (Å²) in [6.07, 6.45) is 0. The standard InChI is InChI=1S/C23H32N4O2/c1-23(2,21(28)26(7)19-13-9-17(10-14-19)24(3)4)22(29)27(8)20-15-11-18(12-16-20)25(5)6/h9-16H,1-8H3. The molecule has 0 saturated carbocycles. The van der Waals surface area contributed by atoms with Gasteiger partial charge in [0.05, 0.1) is 0 Å². The fourth-order valence-electron chi connectivity index (χ4n) is 3.11. The fourth-order valence-corrected chi connectivity index (χ4v) is 3.11. The molecule has 0 unspecified atom stereocenters. The predicted octanol–water partition coefficient (Wildman–Crippen LogP) is 3.47. The van der Waals surface area contributed by atoms with Gasteiger partial charge in [0.25, 0.3) is 0 Å². The van der Waals surface area contributed by atoms with Crippen molar-refractivity contribution >= 4 is 34.6 Å². The monoisotopic (exact) mass is 396 g/mol. The summed E-state index contributed by atoms with van der Waals surface area (Å²) in [7, 11) is 11.3. The van der Waals surface area contributed by atoms with E-state index in [2.05, 4.69) is 0 Å². The number of amides is 2. The zero-order chi connectivity index (χ0) is 21.9. The number of benzene rings is 2. The summed E-state index contributed by atoms with van der Waals surface area (Å²) in [6.45, 7) is 3.35. The van der Waals surface area contributed by atoms with Crippen LogP contribution in [0.2, 0.25) is 0 Å². The summed E-state index contributed by atoms with van der Waals surface area (Å²) < 4.78 is 0. The minimum atomic E-state index is -1.20. The molecule has 2 amide bonds. The minimum absolute atomic E-state index is 0.253. The zero-order valence-electron chi connectivity index (χ0n) is 18.7. The van der Waals surface area contributed by atoms with E-state index in [9.17, 15) is 9.59 Å². The molecule has 29 heavy (non-hydrogen) atoms. The van der Waals surface area contributed by atoms with Crippen LogP contribution in [0.5, 0.6) is 0 Å². The maximum Gasteiger partial charge on any atom is 0.241 e. The molecule has 2 aromatic rings. The number of rotatable bonds is 6. The van der Waals surface area contributed by atoms with E-state index in [1.807, 2.05) is 86.5 Å². The van der Waals surface area contributed by atoms with Gasteiger partial charge in [0.2, 0.25) is 11.8 Å². The Morgan fingerprint density at radius 2 is 0.793 bits per heavy atom. The molecule has 0 fully saturated rings. The Morgan fingerprint density at radius 1 is 0.552 bits per heavy atom. The fraction of sp³-hybridized carbons (Fsp3) is 0.391. The van der Waals surface area contributed by atoms with Gasteiger partial charge in [-0.25, -0.2) is 0 Å². The molecule has 0 bridgehead atoms. The highest BCUT2D eigenvalue weighted by Gasteiger charge is 2.40. The summed E-state index contributed by atoms with van der Waals surface area (Å²) in [5.74, 6) is -0.506. The normalized spacial score (nSPS) is 11.0. The lowest BCUT2D eigenvalue weighted by Crippen LogP contribution is -2.49. The molecule has 2 rings (SSSR count). The number of hydrogen-bond acceptors (Lipinski definition) is 4. The van der Waals surface area contributed by atoms with Crippen molar-refractivity contribution < 1.29 is 9.59 Å². The van der Waals surface area contributed by atoms with Gasteiger partial charge in [-0.2, -0.15) is 0 Å². The third-order valence-electron chi connectivity index (χ3n) is 5.19. The summed E-state index contributed by atoms with van der Waals surface area (Å²) >= 11 is 0. The largest absolute Gasteiger partial charge is 0.378 e. The molecule has 0 aliphatic carbocycles. The highest BCUT2D eigenvalue weighted by atomic mass is 16.2. The Balaban J connectivity index is 2.20. The Kier molecular flexibility index (Phi) is 6.57. The zero-order valence-corrected chi connectivity index (χ0v) is 18.7. The van der Waals surface area contributed by atoms with Gasteiger partial charge < -0.3 is 19.6 Å². The molecule has 0 atom stereocenters. The van der Waals surface area contributed by atoms with Crippen molar-refractivity contribution in [3.8, 4) is 0 Å². The topological polar surface area (TPSA) is 47.1 Å². The molecule has 0 heterocycles. The lowest BCUT2D eigenvalue weighted by molar-refractivity contribution is -0.137. The van der Waals surface area contributed by atoms with Crippen LogP contribution in [0.25, 0.3) is 0 Å². The van der Waals surface area contributed by atoms with Crippen LogP contribution in [-0.4, -0.2) is 54.1 Å². The van der Waals surface area contributed by atoms with E-state index in [-0.39, 0.29) is 11.8 Å². The van der Waals surface area contributed by atoms with Crippen LogP contribution < -0.4 is 19.6 Å². The molecule has 0 aromatic heterocycles. The second kappa shape index (κ2) is 8.55. The van der Waals surface area contributed by atoms with E-state index in [1.54, 1.807) is 37.7 Å². The Bertz CT molecular complexity index is 784. The van der Waals surface area contributed by atoms with Gasteiger partial charge in [-0.15, -0.1) is 0 Å². The molecule has 0 N–H and O–H groups in total. The van der Waals surface area contributed by atoms with E-state index in [4.69, 9.17) is 0 Å². The van der Waals surface area contributed by atoms with Crippen LogP contribution in [0.1, 0.15) is 13.8 Å². The average molecular weight is 397 g/mol. The molecule has 156 valence electrons. The SMILES string of the molecule is CN(C)c1ccc(N(C)C(=O)C(C)(C)C(=O)N(C)c2ccc(N(C)C)cc2)cc1. The lowest BCUT2D eigenvalue weighted by Gasteiger charge is -2.32. The van der Waals surface area contributed by atoms with Gasteiger partial charge in [-0.1, -0.05) is 0 Å². The molecule has 0 radical (unpaired) electrons. The first-order valence-electron chi connectivity index (χ1n) is 9.58. The quantitative estimate of drug-likeness (QED) is 0.702. The first-order valence-corrected chi connectivity index (χ1v) is 9.58. The van der Waals surface area contributed by atoms with Crippen LogP contribution in [0, 0.1) is 5.41 Å². The van der Waals surface area contributed by atoms with Crippen molar-refractivity contribution in [2.24, 2.45) is 5.41 Å². The highest BCUT2D eigenvalue weighted by Crippen LogP contribution is 2.28. The molecule has 6 heteroatoms. The van der Waals surface area contributed by atoms with Gasteiger partial charge in [0, 0.05) is 65.0 Å². The summed E-state index contributed by atoms with van der Waals surface area (Å²) in [6, 6.07) is 15.3.